The van der Waals surface area contributed by atoms with Crippen LogP contribution in [0.25, 0.3) is 0 Å². The van der Waals surface area contributed by atoms with Gasteiger partial charge in [0.2, 0.25) is 0 Å². The van der Waals surface area contributed by atoms with E-state index in [0.29, 0.717) is 6.42 Å². The van der Waals surface area contributed by atoms with Crippen LogP contribution >= 0.6 is 0 Å². The zero-order chi connectivity index (χ0) is 10.4. The van der Waals surface area contributed by atoms with Gasteiger partial charge in [-0.15, -0.1) is 0 Å². The number of aryl methyl sites for hydroxylation is 1. The predicted molar refractivity (Wildman–Crippen MR) is 58.7 cm³/mol. The monoisotopic (exact) mass is 186 g/mol. The maximum absolute atomic E-state index is 8.56. The van der Waals surface area contributed by atoms with Gasteiger partial charge in [-0.25, -0.2) is 0 Å². The zero-order valence-corrected chi connectivity index (χ0v) is 8.57. The van der Waals surface area contributed by atoms with Crippen molar-refractivity contribution in [2.75, 3.05) is 0 Å². The van der Waals surface area contributed by atoms with Crippen LogP contribution in [-0.4, -0.2) is 6.21 Å². The molecule has 1 atom stereocenters. The van der Waals surface area contributed by atoms with E-state index in [1.54, 1.807) is 6.21 Å². The lowest BCUT2D eigenvalue weighted by Crippen LogP contribution is -1.89. The summed E-state index contributed by atoms with van der Waals surface area (Å²) in [5.74, 6) is 0.0456. The molecule has 0 N–H and O–H groups in total. The van der Waals surface area contributed by atoms with Crippen molar-refractivity contribution in [3.8, 4) is 6.07 Å². The molecule has 0 spiro atoms. The molecule has 0 fully saturated rings. The van der Waals surface area contributed by atoms with Gasteiger partial charge in [-0.1, -0.05) is 17.7 Å². The highest BCUT2D eigenvalue weighted by molar-refractivity contribution is 5.63. The van der Waals surface area contributed by atoms with E-state index in [-0.39, 0.29) is 5.92 Å². The summed E-state index contributed by atoms with van der Waals surface area (Å²) in [5, 5.41) is 8.56. The van der Waals surface area contributed by atoms with E-state index < -0.39 is 0 Å². The van der Waals surface area contributed by atoms with Crippen molar-refractivity contribution in [1.29, 1.82) is 5.26 Å². The minimum absolute atomic E-state index is 0.0456. The maximum atomic E-state index is 8.56. The van der Waals surface area contributed by atoms with Crippen LogP contribution in [0.3, 0.4) is 0 Å². The second kappa shape index (κ2) is 5.18. The third-order valence-electron chi connectivity index (χ3n) is 1.95. The third kappa shape index (κ3) is 3.40. The summed E-state index contributed by atoms with van der Waals surface area (Å²) in [7, 11) is 0. The zero-order valence-electron chi connectivity index (χ0n) is 8.57. The first-order chi connectivity index (χ1) is 6.72. The van der Waals surface area contributed by atoms with E-state index in [1.807, 2.05) is 38.1 Å². The molecular formula is C12H14N2. The van der Waals surface area contributed by atoms with Crippen molar-refractivity contribution in [3.63, 3.8) is 0 Å². The second-order valence-electron chi connectivity index (χ2n) is 3.41. The third-order valence-corrected chi connectivity index (χ3v) is 1.95. The molecule has 72 valence electrons. The SMILES string of the molecule is Cc1ccc(/N=C\CC(C)C#N)cc1. The molecule has 14 heavy (non-hydrogen) atoms. The lowest BCUT2D eigenvalue weighted by atomic mass is 10.1. The fraction of sp³-hybridized carbons (Fsp3) is 0.333. The highest BCUT2D eigenvalue weighted by atomic mass is 14.7. The number of nitriles is 1. The maximum Gasteiger partial charge on any atom is 0.0656 e. The van der Waals surface area contributed by atoms with Crippen LogP contribution in [0.5, 0.6) is 0 Å². The molecule has 1 unspecified atom stereocenters. The summed E-state index contributed by atoms with van der Waals surface area (Å²) in [6, 6.07) is 10.2. The lowest BCUT2D eigenvalue weighted by molar-refractivity contribution is 0.794. The summed E-state index contributed by atoms with van der Waals surface area (Å²) < 4.78 is 0. The Morgan fingerprint density at radius 2 is 2.07 bits per heavy atom. The highest BCUT2D eigenvalue weighted by Gasteiger charge is 1.94. The fourth-order valence-corrected chi connectivity index (χ4v) is 1.000. The Kier molecular flexibility index (Phi) is 3.87. The quantitative estimate of drug-likeness (QED) is 0.667. The van der Waals surface area contributed by atoms with Gasteiger partial charge in [0.05, 0.1) is 11.8 Å². The van der Waals surface area contributed by atoms with Crippen LogP contribution in [0.2, 0.25) is 0 Å². The van der Waals surface area contributed by atoms with Crippen molar-refractivity contribution in [3.05, 3.63) is 29.8 Å². The number of rotatable bonds is 3. The first kappa shape index (κ1) is 10.5. The smallest absolute Gasteiger partial charge is 0.0656 e. The standard InChI is InChI=1S/C12H14N2/c1-10-3-5-12(6-4-10)14-8-7-11(2)9-13/h3-6,8,11H,7H2,1-2H3/b14-8-. The van der Waals surface area contributed by atoms with E-state index in [1.165, 1.54) is 5.56 Å². The van der Waals surface area contributed by atoms with Crippen LogP contribution in [0, 0.1) is 24.2 Å². The van der Waals surface area contributed by atoms with Crippen LogP contribution in [0.4, 0.5) is 5.69 Å². The topological polar surface area (TPSA) is 36.1 Å². The van der Waals surface area contributed by atoms with Crippen molar-refractivity contribution in [1.82, 2.24) is 0 Å². The molecule has 0 aromatic heterocycles. The van der Waals surface area contributed by atoms with Gasteiger partial charge in [0.15, 0.2) is 0 Å². The Morgan fingerprint density at radius 3 is 2.64 bits per heavy atom. The molecule has 1 rings (SSSR count). The average molecular weight is 186 g/mol. The van der Waals surface area contributed by atoms with Gasteiger partial charge < -0.3 is 0 Å². The summed E-state index contributed by atoms with van der Waals surface area (Å²) >= 11 is 0. The Morgan fingerprint density at radius 1 is 1.43 bits per heavy atom. The first-order valence-corrected chi connectivity index (χ1v) is 4.71. The molecule has 0 amide bonds. The number of nitrogens with zero attached hydrogens (tertiary/aromatic N) is 2. The van der Waals surface area contributed by atoms with Gasteiger partial charge in [0.25, 0.3) is 0 Å². The second-order valence-corrected chi connectivity index (χ2v) is 3.41. The van der Waals surface area contributed by atoms with E-state index >= 15 is 0 Å². The molecule has 0 aliphatic rings. The Hall–Kier alpha value is -1.62. The number of aliphatic imine (C=N–C) groups is 1. The molecule has 0 aliphatic carbocycles. The Balaban J connectivity index is 2.53. The predicted octanol–water partition coefficient (Wildman–Crippen LogP) is 3.25. The van der Waals surface area contributed by atoms with Gasteiger partial charge in [0.1, 0.15) is 0 Å². The van der Waals surface area contributed by atoms with Crippen LogP contribution < -0.4 is 0 Å². The van der Waals surface area contributed by atoms with E-state index in [2.05, 4.69) is 11.1 Å². The largest absolute Gasteiger partial charge is 0.261 e. The van der Waals surface area contributed by atoms with Gasteiger partial charge in [-0.3, -0.25) is 4.99 Å². The fourth-order valence-electron chi connectivity index (χ4n) is 1.000. The van der Waals surface area contributed by atoms with Gasteiger partial charge >= 0.3 is 0 Å². The van der Waals surface area contributed by atoms with Crippen molar-refractivity contribution >= 4 is 11.9 Å². The van der Waals surface area contributed by atoms with Crippen molar-refractivity contribution in [2.45, 2.75) is 20.3 Å². The number of hydrogen-bond donors (Lipinski definition) is 0. The minimum atomic E-state index is 0.0456. The summed E-state index contributed by atoms with van der Waals surface area (Å²) in [6.07, 6.45) is 2.52. The van der Waals surface area contributed by atoms with Gasteiger partial charge in [0, 0.05) is 12.1 Å². The molecule has 2 nitrogen and oxygen atoms in total. The summed E-state index contributed by atoms with van der Waals surface area (Å²) in [6.45, 7) is 3.94. The molecule has 0 aliphatic heterocycles. The number of benzene rings is 1. The molecule has 0 saturated carbocycles. The molecule has 0 bridgehead atoms. The normalized spacial score (nSPS) is 12.6. The average Bonchev–Trinajstić information content (AvgIpc) is 2.21. The van der Waals surface area contributed by atoms with E-state index in [0.717, 1.165) is 5.69 Å². The van der Waals surface area contributed by atoms with Crippen LogP contribution in [-0.2, 0) is 0 Å². The van der Waals surface area contributed by atoms with Crippen LogP contribution in [0.15, 0.2) is 29.3 Å². The van der Waals surface area contributed by atoms with Gasteiger partial charge in [-0.05, 0) is 32.4 Å². The Labute approximate surface area is 84.9 Å². The first-order valence-electron chi connectivity index (χ1n) is 4.71. The van der Waals surface area contributed by atoms with Crippen molar-refractivity contribution < 1.29 is 0 Å². The van der Waals surface area contributed by atoms with Crippen molar-refractivity contribution in [2.24, 2.45) is 10.9 Å². The molecule has 0 radical (unpaired) electrons. The molecular weight excluding hydrogens is 172 g/mol. The number of hydrogen-bond acceptors (Lipinski definition) is 2. The van der Waals surface area contributed by atoms with E-state index in [4.69, 9.17) is 5.26 Å². The summed E-state index contributed by atoms with van der Waals surface area (Å²) in [4.78, 5) is 4.26. The minimum Gasteiger partial charge on any atom is -0.261 e. The molecule has 2 heteroatoms. The molecule has 1 aromatic rings. The molecule has 0 heterocycles. The van der Waals surface area contributed by atoms with Crippen LogP contribution in [0.1, 0.15) is 18.9 Å². The molecule has 0 saturated heterocycles. The Bertz CT molecular complexity index is 344. The van der Waals surface area contributed by atoms with E-state index in [9.17, 15) is 0 Å². The highest BCUT2D eigenvalue weighted by Crippen LogP contribution is 2.12. The summed E-state index contributed by atoms with van der Waals surface area (Å²) in [5.41, 5.74) is 2.18. The lowest BCUT2D eigenvalue weighted by Gasteiger charge is -1.96. The van der Waals surface area contributed by atoms with Gasteiger partial charge in [-0.2, -0.15) is 5.26 Å². The molecule has 1 aromatic carbocycles.